The van der Waals surface area contributed by atoms with Gasteiger partial charge in [-0.25, -0.2) is 0 Å². The summed E-state index contributed by atoms with van der Waals surface area (Å²) in [4.78, 5) is 55.1. The number of nitrogens with one attached hydrogen (secondary N) is 2. The Morgan fingerprint density at radius 1 is 1.19 bits per heavy atom. The maximum atomic E-state index is 13.3. The Labute approximate surface area is 210 Å². The summed E-state index contributed by atoms with van der Waals surface area (Å²) in [6, 6.07) is 10.1. The summed E-state index contributed by atoms with van der Waals surface area (Å²) in [6.45, 7) is -0.278. The molecule has 0 aliphatic carbocycles. The van der Waals surface area contributed by atoms with Crippen LogP contribution in [0.3, 0.4) is 0 Å². The van der Waals surface area contributed by atoms with E-state index in [-0.39, 0.29) is 25.5 Å². The molecule has 0 bridgehead atoms. The molecule has 3 amide bonds. The van der Waals surface area contributed by atoms with E-state index in [1.54, 1.807) is 42.6 Å². The van der Waals surface area contributed by atoms with Crippen molar-refractivity contribution in [2.75, 3.05) is 40.5 Å². The predicted molar refractivity (Wildman–Crippen MR) is 134 cm³/mol. The average molecular weight is 508 g/mol. The molecule has 1 saturated heterocycles. The number of benzene rings is 2. The Morgan fingerprint density at radius 3 is 2.78 bits per heavy atom. The zero-order chi connectivity index (χ0) is 26.3. The molecule has 2 aromatic carbocycles. The van der Waals surface area contributed by atoms with E-state index in [1.807, 2.05) is 0 Å². The van der Waals surface area contributed by atoms with Gasteiger partial charge in [0.25, 0.3) is 11.8 Å². The molecule has 1 fully saturated rings. The summed E-state index contributed by atoms with van der Waals surface area (Å²) in [5.74, 6) is -2.42. The molecule has 37 heavy (non-hydrogen) atoms. The molecule has 2 aliphatic heterocycles. The van der Waals surface area contributed by atoms with Crippen LogP contribution in [-0.2, 0) is 30.3 Å². The second kappa shape index (κ2) is 9.56. The lowest BCUT2D eigenvalue weighted by atomic mass is 9.99. The smallest absolute Gasteiger partial charge is 0.323 e. The second-order valence-corrected chi connectivity index (χ2v) is 8.91. The molecule has 12 heteroatoms. The fraction of sp³-hybridized carbons (Fsp3) is 0.280. The standard InChI is InChI=1S/C25H25N5O7/c26-23-17-5-3-15(9-14(17)11-27-23)28-24(35)21(34)22-25(36)29(7-8-37-22)16-4-1-13-2-6-19(31)30(12-20(32)33)18(13)10-16/h1,3-5,9-11,21-22,27,34H,2,6-8,12,26H2,(H,28,35)(H,32,33)/t21-,22-/m1/s1. The zero-order valence-corrected chi connectivity index (χ0v) is 19.6. The molecule has 0 radical (unpaired) electrons. The molecule has 0 unspecified atom stereocenters. The summed E-state index contributed by atoms with van der Waals surface area (Å²) >= 11 is 0. The van der Waals surface area contributed by atoms with Gasteiger partial charge < -0.3 is 40.8 Å². The van der Waals surface area contributed by atoms with Crippen LogP contribution >= 0.6 is 0 Å². The SMILES string of the molecule is Nc1[nH]cc2cc(NC(=O)[C@H](O)[C@H]3OCCN(c4ccc5c(c4)N(CC(=O)O)C(=O)CC5)C3=O)ccc12. The first kappa shape index (κ1) is 24.3. The number of carbonyl (C=O) groups is 4. The van der Waals surface area contributed by atoms with Gasteiger partial charge in [-0.1, -0.05) is 6.07 Å². The molecule has 5 rings (SSSR count). The van der Waals surface area contributed by atoms with E-state index in [0.29, 0.717) is 29.3 Å². The normalized spacial score (nSPS) is 18.6. The number of carboxylic acids is 1. The first-order valence-electron chi connectivity index (χ1n) is 11.7. The van der Waals surface area contributed by atoms with Gasteiger partial charge in [0.05, 0.1) is 6.61 Å². The molecular formula is C25H25N5O7. The van der Waals surface area contributed by atoms with Crippen LogP contribution in [0, 0.1) is 0 Å². The monoisotopic (exact) mass is 507 g/mol. The van der Waals surface area contributed by atoms with Gasteiger partial charge in [0.1, 0.15) is 12.4 Å². The predicted octanol–water partition coefficient (Wildman–Crippen LogP) is 0.845. The fourth-order valence-corrected chi connectivity index (χ4v) is 4.68. The number of hydrogen-bond donors (Lipinski definition) is 5. The molecule has 192 valence electrons. The van der Waals surface area contributed by atoms with E-state index in [1.165, 1.54) is 9.80 Å². The van der Waals surface area contributed by atoms with Crippen molar-refractivity contribution in [1.29, 1.82) is 0 Å². The number of nitrogen functional groups attached to an aromatic ring is 1. The van der Waals surface area contributed by atoms with Gasteiger partial charge in [0.2, 0.25) is 5.91 Å². The van der Waals surface area contributed by atoms with Crippen molar-refractivity contribution in [3.8, 4) is 0 Å². The van der Waals surface area contributed by atoms with E-state index in [2.05, 4.69) is 10.3 Å². The zero-order valence-electron chi connectivity index (χ0n) is 19.6. The van der Waals surface area contributed by atoms with Gasteiger partial charge in [0, 0.05) is 47.0 Å². The van der Waals surface area contributed by atoms with Crippen LogP contribution in [0.5, 0.6) is 0 Å². The highest BCUT2D eigenvalue weighted by Crippen LogP contribution is 2.33. The summed E-state index contributed by atoms with van der Waals surface area (Å²) in [6.07, 6.45) is -0.890. The number of rotatable bonds is 6. The van der Waals surface area contributed by atoms with Crippen LogP contribution in [0.1, 0.15) is 12.0 Å². The highest BCUT2D eigenvalue weighted by Gasteiger charge is 2.40. The molecule has 1 aromatic heterocycles. The third-order valence-electron chi connectivity index (χ3n) is 6.54. The van der Waals surface area contributed by atoms with Crippen LogP contribution in [0.2, 0.25) is 0 Å². The summed E-state index contributed by atoms with van der Waals surface area (Å²) < 4.78 is 5.47. The molecule has 0 spiro atoms. The molecule has 2 atom stereocenters. The maximum absolute atomic E-state index is 13.3. The van der Waals surface area contributed by atoms with Gasteiger partial charge in [0.15, 0.2) is 12.2 Å². The van der Waals surface area contributed by atoms with Crippen molar-refractivity contribution in [2.45, 2.75) is 25.0 Å². The topological polar surface area (TPSA) is 178 Å². The molecule has 6 N–H and O–H groups in total. The number of aromatic amines is 1. The van der Waals surface area contributed by atoms with E-state index in [0.717, 1.165) is 16.3 Å². The third-order valence-corrected chi connectivity index (χ3v) is 6.54. The van der Waals surface area contributed by atoms with Crippen LogP contribution in [0.4, 0.5) is 22.9 Å². The number of carbonyl (C=O) groups excluding carboxylic acids is 3. The largest absolute Gasteiger partial charge is 0.480 e. The van der Waals surface area contributed by atoms with Gasteiger partial charge in [-0.2, -0.15) is 0 Å². The van der Waals surface area contributed by atoms with E-state index < -0.39 is 36.5 Å². The van der Waals surface area contributed by atoms with Crippen LogP contribution < -0.4 is 20.9 Å². The number of anilines is 4. The molecule has 0 saturated carbocycles. The van der Waals surface area contributed by atoms with Gasteiger partial charge >= 0.3 is 5.97 Å². The van der Waals surface area contributed by atoms with Crippen molar-refractivity contribution in [3.05, 3.63) is 48.2 Å². The molecule has 12 nitrogen and oxygen atoms in total. The summed E-state index contributed by atoms with van der Waals surface area (Å²) in [7, 11) is 0. The Morgan fingerprint density at radius 2 is 2.00 bits per heavy atom. The summed E-state index contributed by atoms with van der Waals surface area (Å²) in [5, 5.41) is 24.1. The highest BCUT2D eigenvalue weighted by atomic mass is 16.5. The van der Waals surface area contributed by atoms with Crippen LogP contribution in [-0.4, -0.2) is 70.8 Å². The lowest BCUT2D eigenvalue weighted by Crippen LogP contribution is -2.55. The van der Waals surface area contributed by atoms with Gasteiger partial charge in [-0.3, -0.25) is 19.2 Å². The number of morpholine rings is 1. The van der Waals surface area contributed by atoms with Crippen LogP contribution in [0.15, 0.2) is 42.6 Å². The number of nitrogens with zero attached hydrogens (tertiary/aromatic N) is 2. The lowest BCUT2D eigenvalue weighted by molar-refractivity contribution is -0.150. The highest BCUT2D eigenvalue weighted by molar-refractivity contribution is 6.06. The van der Waals surface area contributed by atoms with E-state index >= 15 is 0 Å². The van der Waals surface area contributed by atoms with Crippen molar-refractivity contribution in [3.63, 3.8) is 0 Å². The maximum Gasteiger partial charge on any atom is 0.323 e. The Bertz CT molecular complexity index is 1420. The van der Waals surface area contributed by atoms with E-state index in [4.69, 9.17) is 10.5 Å². The quantitative estimate of drug-likeness (QED) is 0.326. The number of carboxylic acid groups (broad SMARTS) is 1. The van der Waals surface area contributed by atoms with Gasteiger partial charge in [-0.15, -0.1) is 0 Å². The number of aliphatic carboxylic acids is 1. The lowest BCUT2D eigenvalue weighted by Gasteiger charge is -2.35. The van der Waals surface area contributed by atoms with Crippen molar-refractivity contribution in [1.82, 2.24) is 4.98 Å². The van der Waals surface area contributed by atoms with Crippen LogP contribution in [0.25, 0.3) is 10.8 Å². The minimum absolute atomic E-state index is 0.0597. The fourth-order valence-electron chi connectivity index (χ4n) is 4.68. The third kappa shape index (κ3) is 4.59. The van der Waals surface area contributed by atoms with Gasteiger partial charge in [-0.05, 0) is 42.3 Å². The van der Waals surface area contributed by atoms with Crippen molar-refractivity contribution in [2.24, 2.45) is 0 Å². The Hall–Kier alpha value is -4.42. The minimum atomic E-state index is -1.79. The minimum Gasteiger partial charge on any atom is -0.480 e. The Kier molecular flexibility index (Phi) is 6.27. The number of amides is 3. The molecule has 3 aromatic rings. The summed E-state index contributed by atoms with van der Waals surface area (Å²) in [5.41, 5.74) is 7.87. The molecular weight excluding hydrogens is 482 g/mol. The molecule has 3 heterocycles. The Balaban J connectivity index is 1.34. The number of nitrogens with two attached hydrogens (primary N) is 1. The second-order valence-electron chi connectivity index (χ2n) is 8.91. The number of aryl methyl sites for hydroxylation is 1. The van der Waals surface area contributed by atoms with Crippen molar-refractivity contribution >= 4 is 57.3 Å². The number of aliphatic hydroxyl groups is 1. The number of aliphatic hydroxyl groups excluding tert-OH is 1. The number of ether oxygens (including phenoxy) is 1. The first-order chi connectivity index (χ1) is 17.7. The first-order valence-corrected chi connectivity index (χ1v) is 11.7. The number of fused-ring (bicyclic) bond motifs is 2. The van der Waals surface area contributed by atoms with E-state index in [9.17, 15) is 29.4 Å². The number of aromatic nitrogens is 1. The number of H-pyrrole nitrogens is 1. The van der Waals surface area contributed by atoms with Crippen molar-refractivity contribution < 1.29 is 34.1 Å². The average Bonchev–Trinajstić information content (AvgIpc) is 3.25. The number of hydrogen-bond acceptors (Lipinski definition) is 7. The molecule has 2 aliphatic rings.